The predicted octanol–water partition coefficient (Wildman–Crippen LogP) is 0.890. The summed E-state index contributed by atoms with van der Waals surface area (Å²) >= 11 is 5.81. The summed E-state index contributed by atoms with van der Waals surface area (Å²) in [6.45, 7) is 0.541. The van der Waals surface area contributed by atoms with Crippen molar-refractivity contribution in [1.29, 1.82) is 0 Å². The summed E-state index contributed by atoms with van der Waals surface area (Å²) < 4.78 is 6.10. The van der Waals surface area contributed by atoms with Crippen molar-refractivity contribution >= 4 is 29.3 Å². The van der Waals surface area contributed by atoms with Crippen molar-refractivity contribution in [3.8, 4) is 0 Å². The molecule has 0 unspecified atom stereocenters. The highest BCUT2D eigenvalue weighted by atomic mass is 35.5. The van der Waals surface area contributed by atoms with Gasteiger partial charge in [-0.25, -0.2) is 9.31 Å². The van der Waals surface area contributed by atoms with E-state index in [2.05, 4.69) is 20.1 Å². The lowest BCUT2D eigenvalue weighted by Crippen LogP contribution is -2.18. The maximum absolute atomic E-state index is 10.3. The van der Waals surface area contributed by atoms with E-state index in [1.165, 1.54) is 0 Å². The second kappa shape index (κ2) is 4.88. The first-order chi connectivity index (χ1) is 8.15. The second-order valence-electron chi connectivity index (χ2n) is 3.18. The Morgan fingerprint density at radius 2 is 2.41 bits per heavy atom. The molecule has 0 aliphatic carbocycles. The number of fused-ring (bicyclic) bond motifs is 1. The summed E-state index contributed by atoms with van der Waals surface area (Å²) in [5.74, 6) is 0.431. The Bertz CT molecular complexity index is 541. The van der Waals surface area contributed by atoms with Crippen LogP contribution < -0.4 is 11.1 Å². The number of primary amides is 1. The number of carbonyl (C=O) groups is 1. The molecule has 2 aromatic heterocycles. The third kappa shape index (κ3) is 2.97. The Labute approximate surface area is 102 Å². The Kier molecular flexibility index (Phi) is 3.29. The van der Waals surface area contributed by atoms with Gasteiger partial charge in [0.2, 0.25) is 5.95 Å². The van der Waals surface area contributed by atoms with Crippen LogP contribution in [0.1, 0.15) is 0 Å². The monoisotopic (exact) mass is 255 g/mol. The number of halogens is 1. The Morgan fingerprint density at radius 1 is 1.59 bits per heavy atom. The lowest BCUT2D eigenvalue weighted by Gasteiger charge is -2.00. The predicted molar refractivity (Wildman–Crippen MR) is 62.0 cm³/mol. The van der Waals surface area contributed by atoms with Gasteiger partial charge in [-0.15, -0.1) is 5.10 Å². The minimum atomic E-state index is -0.804. The van der Waals surface area contributed by atoms with E-state index < -0.39 is 6.09 Å². The van der Waals surface area contributed by atoms with Crippen LogP contribution in [0.3, 0.4) is 0 Å². The number of pyridine rings is 1. The zero-order valence-corrected chi connectivity index (χ0v) is 9.52. The fourth-order valence-electron chi connectivity index (χ4n) is 1.25. The van der Waals surface area contributed by atoms with E-state index in [1.54, 1.807) is 22.8 Å². The lowest BCUT2D eigenvalue weighted by molar-refractivity contribution is 0.161. The van der Waals surface area contributed by atoms with Crippen LogP contribution >= 0.6 is 11.6 Å². The molecule has 2 rings (SSSR count). The van der Waals surface area contributed by atoms with E-state index in [4.69, 9.17) is 17.3 Å². The number of nitrogens with zero attached hydrogens (tertiary/aromatic N) is 3. The number of nitrogens with two attached hydrogens (primary N) is 1. The fraction of sp³-hybridized carbons (Fsp3) is 0.222. The van der Waals surface area contributed by atoms with E-state index in [-0.39, 0.29) is 6.61 Å². The third-order valence-corrected chi connectivity index (χ3v) is 2.15. The first kappa shape index (κ1) is 11.5. The number of nitrogens with one attached hydrogen (secondary N) is 1. The van der Waals surface area contributed by atoms with Crippen molar-refractivity contribution < 1.29 is 9.53 Å². The van der Waals surface area contributed by atoms with Gasteiger partial charge in [0.05, 0.1) is 11.6 Å². The molecule has 7 nitrogen and oxygen atoms in total. The number of amides is 1. The van der Waals surface area contributed by atoms with Gasteiger partial charge in [0.1, 0.15) is 6.61 Å². The molecular formula is C9H10ClN5O2. The van der Waals surface area contributed by atoms with Gasteiger partial charge >= 0.3 is 6.09 Å². The van der Waals surface area contributed by atoms with Gasteiger partial charge in [-0.2, -0.15) is 4.98 Å². The van der Waals surface area contributed by atoms with Gasteiger partial charge in [0.15, 0.2) is 5.65 Å². The molecule has 2 heterocycles. The van der Waals surface area contributed by atoms with Crippen LogP contribution in [0, 0.1) is 0 Å². The van der Waals surface area contributed by atoms with Crippen molar-refractivity contribution in [2.75, 3.05) is 18.5 Å². The van der Waals surface area contributed by atoms with Crippen molar-refractivity contribution in [1.82, 2.24) is 14.6 Å². The molecule has 90 valence electrons. The number of carbonyl (C=O) groups excluding carboxylic acids is 1. The van der Waals surface area contributed by atoms with Crippen LogP contribution in [-0.2, 0) is 4.74 Å². The largest absolute Gasteiger partial charge is 0.448 e. The number of ether oxygens (including phenoxy) is 1. The second-order valence-corrected chi connectivity index (χ2v) is 3.62. The standard InChI is InChI=1S/C9H10ClN5O2/c10-6-1-2-7-13-9(14-15(7)5-6)12-3-4-17-8(11)16/h1-2,5H,3-4H2,(H2,11,16)(H,12,14). The lowest BCUT2D eigenvalue weighted by atomic mass is 10.5. The van der Waals surface area contributed by atoms with E-state index in [0.717, 1.165) is 0 Å². The van der Waals surface area contributed by atoms with Gasteiger partial charge in [0.25, 0.3) is 0 Å². The van der Waals surface area contributed by atoms with Crippen LogP contribution in [0.2, 0.25) is 5.02 Å². The van der Waals surface area contributed by atoms with Crippen LogP contribution in [0.5, 0.6) is 0 Å². The number of aromatic nitrogens is 3. The number of hydrogen-bond acceptors (Lipinski definition) is 5. The number of rotatable bonds is 4. The molecule has 0 saturated carbocycles. The highest BCUT2D eigenvalue weighted by Crippen LogP contribution is 2.11. The molecule has 0 radical (unpaired) electrons. The molecule has 1 amide bonds. The number of anilines is 1. The molecular weight excluding hydrogens is 246 g/mol. The molecule has 0 aliphatic rings. The van der Waals surface area contributed by atoms with Crippen molar-refractivity contribution in [3.63, 3.8) is 0 Å². The third-order valence-electron chi connectivity index (χ3n) is 1.92. The maximum Gasteiger partial charge on any atom is 0.404 e. The van der Waals surface area contributed by atoms with Gasteiger partial charge in [-0.3, -0.25) is 0 Å². The first-order valence-corrected chi connectivity index (χ1v) is 5.21. The molecule has 3 N–H and O–H groups in total. The summed E-state index contributed by atoms with van der Waals surface area (Å²) in [5.41, 5.74) is 5.48. The quantitative estimate of drug-likeness (QED) is 0.791. The van der Waals surface area contributed by atoms with Crippen LogP contribution in [0.4, 0.5) is 10.7 Å². The summed E-state index contributed by atoms with van der Waals surface area (Å²) in [5, 5.41) is 7.59. The van der Waals surface area contributed by atoms with Gasteiger partial charge in [0, 0.05) is 6.20 Å². The maximum atomic E-state index is 10.3. The minimum absolute atomic E-state index is 0.158. The smallest absolute Gasteiger partial charge is 0.404 e. The normalized spacial score (nSPS) is 10.4. The van der Waals surface area contributed by atoms with Crippen LogP contribution in [0.15, 0.2) is 18.3 Å². The molecule has 0 bridgehead atoms. The van der Waals surface area contributed by atoms with Crippen molar-refractivity contribution in [3.05, 3.63) is 23.4 Å². The SMILES string of the molecule is NC(=O)OCCNc1nc2ccc(Cl)cn2n1. The van der Waals surface area contributed by atoms with Gasteiger partial charge < -0.3 is 15.8 Å². The Morgan fingerprint density at radius 3 is 3.18 bits per heavy atom. The summed E-state index contributed by atoms with van der Waals surface area (Å²) in [6.07, 6.45) is 0.844. The van der Waals surface area contributed by atoms with Crippen molar-refractivity contribution in [2.24, 2.45) is 5.73 Å². The van der Waals surface area contributed by atoms with E-state index in [0.29, 0.717) is 23.2 Å². The topological polar surface area (TPSA) is 94.5 Å². The van der Waals surface area contributed by atoms with Gasteiger partial charge in [-0.05, 0) is 12.1 Å². The zero-order valence-electron chi connectivity index (χ0n) is 8.76. The fourth-order valence-corrected chi connectivity index (χ4v) is 1.40. The van der Waals surface area contributed by atoms with Crippen LogP contribution in [-0.4, -0.2) is 33.8 Å². The molecule has 0 aliphatic heterocycles. The number of hydrogen-bond donors (Lipinski definition) is 2. The highest BCUT2D eigenvalue weighted by molar-refractivity contribution is 6.30. The Hall–Kier alpha value is -2.02. The van der Waals surface area contributed by atoms with Crippen LogP contribution in [0.25, 0.3) is 5.65 Å². The molecule has 0 atom stereocenters. The molecule has 2 aromatic rings. The summed E-state index contributed by atoms with van der Waals surface area (Å²) in [4.78, 5) is 14.5. The first-order valence-electron chi connectivity index (χ1n) is 4.83. The Balaban J connectivity index is 1.97. The molecule has 0 fully saturated rings. The average molecular weight is 256 g/mol. The van der Waals surface area contributed by atoms with Gasteiger partial charge in [-0.1, -0.05) is 11.6 Å². The zero-order chi connectivity index (χ0) is 12.3. The summed E-state index contributed by atoms with van der Waals surface area (Å²) in [7, 11) is 0. The van der Waals surface area contributed by atoms with E-state index in [1.807, 2.05) is 0 Å². The van der Waals surface area contributed by atoms with E-state index >= 15 is 0 Å². The molecule has 0 spiro atoms. The average Bonchev–Trinajstić information content (AvgIpc) is 2.66. The molecule has 17 heavy (non-hydrogen) atoms. The molecule has 0 saturated heterocycles. The highest BCUT2D eigenvalue weighted by Gasteiger charge is 2.03. The van der Waals surface area contributed by atoms with Crippen molar-refractivity contribution in [2.45, 2.75) is 0 Å². The molecule has 8 heteroatoms. The minimum Gasteiger partial charge on any atom is -0.448 e. The molecule has 0 aromatic carbocycles. The van der Waals surface area contributed by atoms with E-state index in [9.17, 15) is 4.79 Å². The summed E-state index contributed by atoms with van der Waals surface area (Å²) in [6, 6.07) is 3.48.